The molecule has 0 bridgehead atoms. The summed E-state index contributed by atoms with van der Waals surface area (Å²) >= 11 is 0. The zero-order valence-electron chi connectivity index (χ0n) is 16.5. The molecule has 0 radical (unpaired) electrons. The van der Waals surface area contributed by atoms with Crippen LogP contribution in [0, 0.1) is 12.8 Å². The number of carbonyl (C=O) groups excluding carboxylic acids is 3. The van der Waals surface area contributed by atoms with Crippen molar-refractivity contribution >= 4 is 23.3 Å². The number of hydrogen-bond donors (Lipinski definition) is 2. The molecule has 2 aromatic rings. The van der Waals surface area contributed by atoms with E-state index in [9.17, 15) is 14.4 Å². The summed E-state index contributed by atoms with van der Waals surface area (Å²) in [7, 11) is 1.45. The fraction of sp³-hybridized carbons (Fsp3) is 0.400. The van der Waals surface area contributed by atoms with Crippen molar-refractivity contribution in [2.24, 2.45) is 5.92 Å². The van der Waals surface area contributed by atoms with Gasteiger partial charge in [0.15, 0.2) is 0 Å². The Morgan fingerprint density at radius 2 is 2.00 bits per heavy atom. The van der Waals surface area contributed by atoms with Gasteiger partial charge in [-0.25, -0.2) is 4.98 Å². The zero-order chi connectivity index (χ0) is 20.7. The molecule has 2 N–H and O–H groups in total. The Bertz CT molecular complexity index is 857. The number of aromatic nitrogens is 1. The van der Waals surface area contributed by atoms with Crippen LogP contribution in [0.5, 0.6) is 0 Å². The van der Waals surface area contributed by atoms with E-state index in [1.807, 2.05) is 13.8 Å². The summed E-state index contributed by atoms with van der Waals surface area (Å²) in [5, 5.41) is 5.29. The van der Waals surface area contributed by atoms with Crippen LogP contribution < -0.4 is 10.6 Å². The van der Waals surface area contributed by atoms with Crippen LogP contribution >= 0.6 is 0 Å². The number of benzene rings is 1. The molecule has 150 valence electrons. The van der Waals surface area contributed by atoms with E-state index in [4.69, 9.17) is 9.15 Å². The van der Waals surface area contributed by atoms with Crippen LogP contribution in [0.4, 0.5) is 5.69 Å². The Balaban J connectivity index is 2.06. The normalized spacial score (nSPS) is 10.8. The predicted octanol–water partition coefficient (Wildman–Crippen LogP) is 2.47. The number of nitrogens with zero attached hydrogens (tertiary/aromatic N) is 1. The highest BCUT2D eigenvalue weighted by Gasteiger charge is 2.17. The fourth-order valence-corrected chi connectivity index (χ4v) is 2.50. The zero-order valence-corrected chi connectivity index (χ0v) is 16.5. The standard InChI is InChI=1S/C20H25N3O5/c1-12(2)8-17(24)19(26)21-10-16-13(3)28-20(23-16)14-6-5-7-15(9-14)22-18(25)11-27-4/h5-7,9,12H,8,10-11H2,1-4H3,(H,21,26)(H,22,25). The van der Waals surface area contributed by atoms with Gasteiger partial charge in [-0.1, -0.05) is 19.9 Å². The maximum Gasteiger partial charge on any atom is 0.287 e. The lowest BCUT2D eigenvalue weighted by Gasteiger charge is -2.05. The van der Waals surface area contributed by atoms with Gasteiger partial charge in [0.1, 0.15) is 18.1 Å². The van der Waals surface area contributed by atoms with Gasteiger partial charge in [-0.3, -0.25) is 14.4 Å². The van der Waals surface area contributed by atoms with Gasteiger partial charge in [-0.05, 0) is 31.0 Å². The molecule has 2 rings (SSSR count). The first-order valence-corrected chi connectivity index (χ1v) is 8.96. The highest BCUT2D eigenvalue weighted by molar-refractivity contribution is 6.36. The van der Waals surface area contributed by atoms with E-state index in [2.05, 4.69) is 15.6 Å². The molecule has 0 unspecified atom stereocenters. The lowest BCUT2D eigenvalue weighted by atomic mass is 10.1. The summed E-state index contributed by atoms with van der Waals surface area (Å²) < 4.78 is 10.5. The van der Waals surface area contributed by atoms with E-state index in [-0.39, 0.29) is 31.4 Å². The van der Waals surface area contributed by atoms with Crippen LogP contribution in [-0.4, -0.2) is 36.3 Å². The molecular formula is C20H25N3O5. The Morgan fingerprint density at radius 1 is 1.25 bits per heavy atom. The lowest BCUT2D eigenvalue weighted by molar-refractivity contribution is -0.138. The molecule has 0 aliphatic heterocycles. The Labute approximate surface area is 163 Å². The maximum atomic E-state index is 11.9. The van der Waals surface area contributed by atoms with Gasteiger partial charge < -0.3 is 19.8 Å². The van der Waals surface area contributed by atoms with Crippen LogP contribution in [0.25, 0.3) is 11.5 Å². The minimum atomic E-state index is -0.625. The molecule has 0 aliphatic rings. The number of aryl methyl sites for hydroxylation is 1. The number of ketones is 1. The number of Topliss-reactive ketones (excluding diaryl/α,β-unsaturated/α-hetero) is 1. The number of rotatable bonds is 9. The largest absolute Gasteiger partial charge is 0.441 e. The van der Waals surface area contributed by atoms with Crippen LogP contribution in [0.1, 0.15) is 31.7 Å². The summed E-state index contributed by atoms with van der Waals surface area (Å²) in [5.74, 6) is -0.317. The number of oxazole rings is 1. The van der Waals surface area contributed by atoms with E-state index in [0.29, 0.717) is 28.6 Å². The Hall–Kier alpha value is -3.00. The van der Waals surface area contributed by atoms with E-state index < -0.39 is 11.7 Å². The minimum absolute atomic E-state index is 0.0400. The molecule has 0 atom stereocenters. The van der Waals surface area contributed by atoms with Crippen LogP contribution in [0.3, 0.4) is 0 Å². The first-order valence-electron chi connectivity index (χ1n) is 8.96. The SMILES string of the molecule is COCC(=O)Nc1cccc(-c2nc(CNC(=O)C(=O)CC(C)C)c(C)o2)c1. The summed E-state index contributed by atoms with van der Waals surface area (Å²) in [4.78, 5) is 39.7. The Kier molecular flexibility index (Phi) is 7.45. The second-order valence-corrected chi connectivity index (χ2v) is 6.79. The summed E-state index contributed by atoms with van der Waals surface area (Å²) in [6.07, 6.45) is 0.205. The number of carbonyl (C=O) groups is 3. The number of nitrogens with one attached hydrogen (secondary N) is 2. The molecule has 8 heteroatoms. The molecule has 8 nitrogen and oxygen atoms in total. The third-order valence-corrected chi connectivity index (χ3v) is 3.82. The average Bonchev–Trinajstić information content (AvgIpc) is 3.00. The monoisotopic (exact) mass is 387 g/mol. The van der Waals surface area contributed by atoms with Crippen LogP contribution in [0.2, 0.25) is 0 Å². The smallest absolute Gasteiger partial charge is 0.287 e. The van der Waals surface area contributed by atoms with Crippen molar-refractivity contribution in [1.82, 2.24) is 10.3 Å². The fourth-order valence-electron chi connectivity index (χ4n) is 2.50. The highest BCUT2D eigenvalue weighted by atomic mass is 16.5. The number of amides is 2. The van der Waals surface area contributed by atoms with Crippen LogP contribution in [-0.2, 0) is 25.7 Å². The maximum absolute atomic E-state index is 11.9. The minimum Gasteiger partial charge on any atom is -0.441 e. The van der Waals surface area contributed by atoms with Crippen molar-refractivity contribution < 1.29 is 23.5 Å². The number of hydrogen-bond acceptors (Lipinski definition) is 6. The molecule has 0 saturated heterocycles. The van der Waals surface area contributed by atoms with Crippen molar-refractivity contribution in [3.05, 3.63) is 35.7 Å². The average molecular weight is 387 g/mol. The summed E-state index contributed by atoms with van der Waals surface area (Å²) in [5.41, 5.74) is 1.80. The number of anilines is 1. The second-order valence-electron chi connectivity index (χ2n) is 6.79. The molecule has 0 saturated carbocycles. The van der Waals surface area contributed by atoms with E-state index in [1.54, 1.807) is 31.2 Å². The molecule has 0 fully saturated rings. The molecule has 0 spiro atoms. The van der Waals surface area contributed by atoms with Gasteiger partial charge in [0, 0.05) is 24.8 Å². The Morgan fingerprint density at radius 3 is 2.68 bits per heavy atom. The third kappa shape index (κ3) is 6.02. The van der Waals surface area contributed by atoms with Gasteiger partial charge in [0.2, 0.25) is 17.6 Å². The van der Waals surface area contributed by atoms with Crippen molar-refractivity contribution in [3.8, 4) is 11.5 Å². The summed E-state index contributed by atoms with van der Waals surface area (Å²) in [6, 6.07) is 7.04. The number of methoxy groups -OCH3 is 1. The molecule has 1 aromatic carbocycles. The van der Waals surface area contributed by atoms with Crippen molar-refractivity contribution in [3.63, 3.8) is 0 Å². The quantitative estimate of drug-likeness (QED) is 0.640. The number of ether oxygens (including phenoxy) is 1. The highest BCUT2D eigenvalue weighted by Crippen LogP contribution is 2.24. The third-order valence-electron chi connectivity index (χ3n) is 3.82. The molecule has 0 aliphatic carbocycles. The topological polar surface area (TPSA) is 111 Å². The van der Waals surface area contributed by atoms with Gasteiger partial charge in [0.25, 0.3) is 5.91 Å². The molecule has 1 aromatic heterocycles. The van der Waals surface area contributed by atoms with Crippen molar-refractivity contribution in [2.75, 3.05) is 19.0 Å². The van der Waals surface area contributed by atoms with E-state index in [1.165, 1.54) is 7.11 Å². The first kappa shape index (κ1) is 21.3. The molecular weight excluding hydrogens is 362 g/mol. The van der Waals surface area contributed by atoms with Gasteiger partial charge in [0.05, 0.1) is 6.54 Å². The van der Waals surface area contributed by atoms with E-state index in [0.717, 1.165) is 0 Å². The van der Waals surface area contributed by atoms with Gasteiger partial charge in [-0.15, -0.1) is 0 Å². The van der Waals surface area contributed by atoms with Crippen molar-refractivity contribution in [1.29, 1.82) is 0 Å². The van der Waals surface area contributed by atoms with E-state index >= 15 is 0 Å². The van der Waals surface area contributed by atoms with Crippen molar-refractivity contribution in [2.45, 2.75) is 33.7 Å². The van der Waals surface area contributed by atoms with Gasteiger partial charge >= 0.3 is 0 Å². The summed E-state index contributed by atoms with van der Waals surface area (Å²) in [6.45, 7) is 5.55. The molecule has 1 heterocycles. The van der Waals surface area contributed by atoms with Gasteiger partial charge in [-0.2, -0.15) is 0 Å². The second kappa shape index (κ2) is 9.80. The molecule has 2 amide bonds. The lowest BCUT2D eigenvalue weighted by Crippen LogP contribution is -2.31. The predicted molar refractivity (Wildman–Crippen MR) is 103 cm³/mol. The molecule has 28 heavy (non-hydrogen) atoms. The van der Waals surface area contributed by atoms with Crippen LogP contribution in [0.15, 0.2) is 28.7 Å². The first-order chi connectivity index (χ1) is 13.3.